The predicted octanol–water partition coefficient (Wildman–Crippen LogP) is 4.70. The third-order valence-electron chi connectivity index (χ3n) is 3.63. The molecule has 0 N–H and O–H groups in total. The van der Waals surface area contributed by atoms with E-state index < -0.39 is 17.6 Å². The Balaban J connectivity index is 2.32. The van der Waals surface area contributed by atoms with Crippen LogP contribution in [0.3, 0.4) is 0 Å². The van der Waals surface area contributed by atoms with E-state index in [0.717, 1.165) is 31.4 Å². The van der Waals surface area contributed by atoms with Gasteiger partial charge in [-0.1, -0.05) is 0 Å². The fourth-order valence-corrected chi connectivity index (χ4v) is 2.86. The van der Waals surface area contributed by atoms with Crippen LogP contribution >= 0.6 is 27.5 Å². The Hall–Kier alpha value is -0.750. The molecule has 0 radical (unpaired) electrons. The summed E-state index contributed by atoms with van der Waals surface area (Å²) in [6, 6.07) is 3.19. The fourth-order valence-electron chi connectivity index (χ4n) is 2.26. The minimum Gasteiger partial charge on any atom is -0.334 e. The molecule has 0 aliphatic heterocycles. The van der Waals surface area contributed by atoms with Gasteiger partial charge in [0.05, 0.1) is 11.1 Å². The highest BCUT2D eigenvalue weighted by Gasteiger charge is 2.34. The molecule has 0 unspecified atom stereocenters. The van der Waals surface area contributed by atoms with E-state index in [1.54, 1.807) is 4.90 Å². The van der Waals surface area contributed by atoms with Crippen molar-refractivity contribution in [1.29, 1.82) is 0 Å². The molecule has 116 valence electrons. The van der Waals surface area contributed by atoms with Gasteiger partial charge in [-0.2, -0.15) is 13.2 Å². The molecule has 1 aliphatic rings. The normalized spacial score (nSPS) is 15.7. The number of hydrogen-bond acceptors (Lipinski definition) is 1. The lowest BCUT2D eigenvalue weighted by atomic mass is 9.91. The summed E-state index contributed by atoms with van der Waals surface area (Å²) in [5.74, 6) is -0.142. The van der Waals surface area contributed by atoms with Crippen LogP contribution in [-0.4, -0.2) is 29.3 Å². The van der Waals surface area contributed by atoms with Gasteiger partial charge in [0.15, 0.2) is 0 Å². The highest BCUT2D eigenvalue weighted by atomic mass is 79.9. The summed E-state index contributed by atoms with van der Waals surface area (Å²) in [5.41, 5.74) is -0.796. The minimum absolute atomic E-state index is 0.0295. The van der Waals surface area contributed by atoms with Crippen LogP contribution in [0.2, 0.25) is 0 Å². The van der Waals surface area contributed by atoms with Gasteiger partial charge in [0.2, 0.25) is 0 Å². The molecular formula is C14H14BrClF3NO. The third kappa shape index (κ3) is 3.72. The second-order valence-electron chi connectivity index (χ2n) is 4.96. The number of amides is 1. The van der Waals surface area contributed by atoms with Crippen molar-refractivity contribution in [1.82, 2.24) is 4.90 Å². The highest BCUT2D eigenvalue weighted by molar-refractivity contribution is 9.10. The van der Waals surface area contributed by atoms with Gasteiger partial charge in [-0.15, -0.1) is 11.6 Å². The van der Waals surface area contributed by atoms with Gasteiger partial charge in [-0.3, -0.25) is 4.79 Å². The van der Waals surface area contributed by atoms with Crippen LogP contribution in [0.1, 0.15) is 35.2 Å². The maximum Gasteiger partial charge on any atom is 0.416 e. The van der Waals surface area contributed by atoms with E-state index in [2.05, 4.69) is 15.9 Å². The molecule has 0 spiro atoms. The molecule has 2 rings (SSSR count). The zero-order valence-electron chi connectivity index (χ0n) is 11.1. The van der Waals surface area contributed by atoms with Crippen molar-refractivity contribution in [3.05, 3.63) is 33.8 Å². The van der Waals surface area contributed by atoms with E-state index in [-0.39, 0.29) is 17.5 Å². The zero-order chi connectivity index (χ0) is 15.6. The zero-order valence-corrected chi connectivity index (χ0v) is 13.4. The molecule has 1 amide bonds. The average Bonchev–Trinajstić information content (AvgIpc) is 2.34. The topological polar surface area (TPSA) is 20.3 Å². The van der Waals surface area contributed by atoms with Crippen molar-refractivity contribution in [3.8, 4) is 0 Å². The summed E-state index contributed by atoms with van der Waals surface area (Å²) in [6.45, 7) is 0.341. The number of carbonyl (C=O) groups is 1. The number of alkyl halides is 4. The van der Waals surface area contributed by atoms with Crippen LogP contribution < -0.4 is 0 Å². The van der Waals surface area contributed by atoms with Gasteiger partial charge in [0.25, 0.3) is 5.91 Å². The molecule has 1 fully saturated rings. The third-order valence-corrected chi connectivity index (χ3v) is 4.49. The quantitative estimate of drug-likeness (QED) is 0.689. The van der Waals surface area contributed by atoms with Crippen molar-refractivity contribution in [3.63, 3.8) is 0 Å². The van der Waals surface area contributed by atoms with Crippen LogP contribution in [0, 0.1) is 0 Å². The summed E-state index contributed by atoms with van der Waals surface area (Å²) < 4.78 is 38.7. The Bertz CT molecular complexity index is 531. The molecule has 1 saturated carbocycles. The maximum atomic E-state index is 12.8. The summed E-state index contributed by atoms with van der Waals surface area (Å²) in [6.07, 6.45) is -1.69. The number of hydrogen-bond donors (Lipinski definition) is 0. The van der Waals surface area contributed by atoms with E-state index >= 15 is 0 Å². The van der Waals surface area contributed by atoms with Crippen molar-refractivity contribution >= 4 is 33.4 Å². The minimum atomic E-state index is -4.47. The first kappa shape index (κ1) is 16.6. The maximum absolute atomic E-state index is 12.8. The van der Waals surface area contributed by atoms with Crippen LogP contribution in [0.15, 0.2) is 22.7 Å². The molecule has 0 aromatic heterocycles. The first-order valence-corrected chi connectivity index (χ1v) is 7.91. The first-order chi connectivity index (χ1) is 9.84. The summed E-state index contributed by atoms with van der Waals surface area (Å²) in [4.78, 5) is 14.1. The molecule has 0 heterocycles. The molecule has 0 saturated heterocycles. The van der Waals surface area contributed by atoms with E-state index in [1.165, 1.54) is 6.07 Å². The van der Waals surface area contributed by atoms with Crippen molar-refractivity contribution in [2.24, 2.45) is 0 Å². The molecular weight excluding hydrogens is 371 g/mol. The molecule has 21 heavy (non-hydrogen) atoms. The van der Waals surface area contributed by atoms with E-state index in [9.17, 15) is 18.0 Å². The van der Waals surface area contributed by atoms with Gasteiger partial charge < -0.3 is 4.90 Å². The second-order valence-corrected chi connectivity index (χ2v) is 6.20. The average molecular weight is 385 g/mol. The Morgan fingerprint density at radius 2 is 2.05 bits per heavy atom. The molecule has 1 aliphatic carbocycles. The SMILES string of the molecule is O=C(c1cc(C(F)(F)F)ccc1Br)N(CCCl)C1CCC1. The van der Waals surface area contributed by atoms with Gasteiger partial charge in [0, 0.05) is 22.9 Å². The van der Waals surface area contributed by atoms with Gasteiger partial charge >= 0.3 is 6.18 Å². The Morgan fingerprint density at radius 3 is 2.52 bits per heavy atom. The van der Waals surface area contributed by atoms with Crippen LogP contribution in [-0.2, 0) is 6.18 Å². The number of rotatable bonds is 4. The van der Waals surface area contributed by atoms with Gasteiger partial charge in [0.1, 0.15) is 0 Å². The smallest absolute Gasteiger partial charge is 0.334 e. The number of halogens is 5. The van der Waals surface area contributed by atoms with Crippen LogP contribution in [0.4, 0.5) is 13.2 Å². The standard InChI is InChI=1S/C14H14BrClF3NO/c15-12-5-4-9(14(17,18)19)8-11(12)13(21)20(7-6-16)10-2-1-3-10/h4-5,8,10H,1-3,6-7H2. The van der Waals surface area contributed by atoms with E-state index in [0.29, 0.717) is 11.0 Å². The fraction of sp³-hybridized carbons (Fsp3) is 0.500. The molecule has 0 bridgehead atoms. The molecule has 2 nitrogen and oxygen atoms in total. The molecule has 7 heteroatoms. The molecule has 1 aromatic rings. The summed E-state index contributed by atoms with van der Waals surface area (Å²) in [7, 11) is 0. The second kappa shape index (κ2) is 6.57. The summed E-state index contributed by atoms with van der Waals surface area (Å²) >= 11 is 8.87. The van der Waals surface area contributed by atoms with Crippen molar-refractivity contribution in [2.45, 2.75) is 31.5 Å². The predicted molar refractivity (Wildman–Crippen MR) is 78.5 cm³/mol. The highest BCUT2D eigenvalue weighted by Crippen LogP contribution is 2.33. The summed E-state index contributed by atoms with van der Waals surface area (Å²) in [5, 5.41) is 0. The molecule has 1 aromatic carbocycles. The largest absolute Gasteiger partial charge is 0.416 e. The van der Waals surface area contributed by atoms with Crippen molar-refractivity contribution < 1.29 is 18.0 Å². The number of carbonyl (C=O) groups excluding carboxylic acids is 1. The Kier molecular flexibility index (Phi) is 5.20. The monoisotopic (exact) mass is 383 g/mol. The van der Waals surface area contributed by atoms with Crippen molar-refractivity contribution in [2.75, 3.05) is 12.4 Å². The lowest BCUT2D eigenvalue weighted by Gasteiger charge is -2.37. The van der Waals surface area contributed by atoms with Crippen LogP contribution in [0.25, 0.3) is 0 Å². The Morgan fingerprint density at radius 1 is 1.38 bits per heavy atom. The molecule has 0 atom stereocenters. The number of nitrogens with zero attached hydrogens (tertiary/aromatic N) is 1. The van der Waals surface area contributed by atoms with Gasteiger partial charge in [-0.25, -0.2) is 0 Å². The lowest BCUT2D eigenvalue weighted by molar-refractivity contribution is -0.137. The van der Waals surface area contributed by atoms with E-state index in [4.69, 9.17) is 11.6 Å². The first-order valence-electron chi connectivity index (χ1n) is 6.58. The number of benzene rings is 1. The Labute approximate surface area is 134 Å². The van der Waals surface area contributed by atoms with Crippen LogP contribution in [0.5, 0.6) is 0 Å². The van der Waals surface area contributed by atoms with Gasteiger partial charge in [-0.05, 0) is 53.4 Å². The lowest BCUT2D eigenvalue weighted by Crippen LogP contribution is -2.45. The van der Waals surface area contributed by atoms with E-state index in [1.807, 2.05) is 0 Å².